The number of nitrogens with zero attached hydrogens (tertiary/aromatic N) is 1. The fourth-order valence-electron chi connectivity index (χ4n) is 1.11. The molecule has 0 radical (unpaired) electrons. The summed E-state index contributed by atoms with van der Waals surface area (Å²) in [4.78, 5) is 12.9. The molecule has 78 valence electrons. The fourth-order valence-corrected chi connectivity index (χ4v) is 1.11. The summed E-state index contributed by atoms with van der Waals surface area (Å²) in [6, 6.07) is 0.759. The van der Waals surface area contributed by atoms with Gasteiger partial charge in [0.25, 0.3) is 0 Å². The smallest absolute Gasteiger partial charge is 0.223 e. The summed E-state index contributed by atoms with van der Waals surface area (Å²) in [6.07, 6.45) is 1.68. The Morgan fingerprint density at radius 1 is 1.31 bits per heavy atom. The van der Waals surface area contributed by atoms with E-state index in [1.54, 1.807) is 19.0 Å². The Morgan fingerprint density at radius 3 is 2.23 bits per heavy atom. The van der Waals surface area contributed by atoms with E-state index in [-0.39, 0.29) is 11.9 Å². The van der Waals surface area contributed by atoms with Crippen LogP contribution in [0.3, 0.4) is 0 Å². The van der Waals surface area contributed by atoms with Gasteiger partial charge < -0.3 is 10.2 Å². The molecular formula is C10H22N2O. The Hall–Kier alpha value is -0.570. The third kappa shape index (κ3) is 5.64. The van der Waals surface area contributed by atoms with Crippen LogP contribution in [0, 0.1) is 0 Å². The van der Waals surface area contributed by atoms with Crippen molar-refractivity contribution in [1.82, 2.24) is 10.2 Å². The molecule has 0 saturated heterocycles. The minimum absolute atomic E-state index is 0.184. The second-order valence-corrected chi connectivity index (χ2v) is 3.87. The first-order valence-corrected chi connectivity index (χ1v) is 4.93. The van der Waals surface area contributed by atoms with E-state index < -0.39 is 0 Å². The van der Waals surface area contributed by atoms with E-state index in [0.717, 1.165) is 6.42 Å². The third-order valence-electron chi connectivity index (χ3n) is 2.16. The van der Waals surface area contributed by atoms with Gasteiger partial charge in [-0.2, -0.15) is 0 Å². The molecule has 1 amide bonds. The molecule has 13 heavy (non-hydrogen) atoms. The number of nitrogens with one attached hydrogen (secondary N) is 1. The van der Waals surface area contributed by atoms with Gasteiger partial charge in [-0.15, -0.1) is 0 Å². The van der Waals surface area contributed by atoms with Crippen molar-refractivity contribution < 1.29 is 4.79 Å². The monoisotopic (exact) mass is 186 g/mol. The van der Waals surface area contributed by atoms with E-state index >= 15 is 0 Å². The van der Waals surface area contributed by atoms with Gasteiger partial charge in [-0.1, -0.05) is 6.92 Å². The first-order chi connectivity index (χ1) is 5.97. The maximum atomic E-state index is 11.3. The van der Waals surface area contributed by atoms with Crippen molar-refractivity contribution >= 4 is 5.91 Å². The zero-order valence-electron chi connectivity index (χ0n) is 9.42. The Morgan fingerprint density at radius 2 is 1.85 bits per heavy atom. The van der Waals surface area contributed by atoms with Gasteiger partial charge in [0.2, 0.25) is 5.91 Å². The zero-order chi connectivity index (χ0) is 10.4. The number of rotatable bonds is 5. The van der Waals surface area contributed by atoms with Gasteiger partial charge >= 0.3 is 0 Å². The molecule has 3 nitrogen and oxygen atoms in total. The van der Waals surface area contributed by atoms with Gasteiger partial charge in [-0.05, 0) is 20.3 Å². The highest BCUT2D eigenvalue weighted by Crippen LogP contribution is 1.98. The number of hydrogen-bond acceptors (Lipinski definition) is 2. The molecule has 0 heterocycles. The van der Waals surface area contributed by atoms with E-state index in [9.17, 15) is 4.79 Å². The summed E-state index contributed by atoms with van der Waals surface area (Å²) < 4.78 is 0. The zero-order valence-corrected chi connectivity index (χ0v) is 9.42. The lowest BCUT2D eigenvalue weighted by Gasteiger charge is -2.20. The average Bonchev–Trinajstić information content (AvgIpc) is 2.03. The third-order valence-corrected chi connectivity index (χ3v) is 2.16. The van der Waals surface area contributed by atoms with Crippen LogP contribution in [0.4, 0.5) is 0 Å². The first-order valence-electron chi connectivity index (χ1n) is 4.93. The molecule has 0 aliphatic rings. The molecule has 0 rings (SSSR count). The Balaban J connectivity index is 3.74. The van der Waals surface area contributed by atoms with E-state index in [1.807, 2.05) is 6.92 Å². The van der Waals surface area contributed by atoms with E-state index in [4.69, 9.17) is 0 Å². The average molecular weight is 186 g/mol. The lowest BCUT2D eigenvalue weighted by Crippen LogP contribution is -2.37. The van der Waals surface area contributed by atoms with Crippen molar-refractivity contribution in [2.24, 2.45) is 0 Å². The fraction of sp³-hybridized carbons (Fsp3) is 0.900. The van der Waals surface area contributed by atoms with Crippen LogP contribution < -0.4 is 5.32 Å². The summed E-state index contributed by atoms with van der Waals surface area (Å²) in [5.74, 6) is 0.184. The summed E-state index contributed by atoms with van der Waals surface area (Å²) in [5, 5.41) is 3.37. The van der Waals surface area contributed by atoms with Crippen molar-refractivity contribution in [2.45, 2.75) is 45.7 Å². The van der Waals surface area contributed by atoms with Gasteiger partial charge in [0.1, 0.15) is 0 Å². The molecule has 1 N–H and O–H groups in total. The van der Waals surface area contributed by atoms with Gasteiger partial charge in [0.05, 0.1) is 0 Å². The number of hydrogen-bond donors (Lipinski definition) is 1. The lowest BCUT2D eigenvalue weighted by atomic mass is 10.1. The molecule has 0 saturated carbocycles. The summed E-state index contributed by atoms with van der Waals surface area (Å²) in [7, 11) is 3.58. The maximum Gasteiger partial charge on any atom is 0.223 e. The maximum absolute atomic E-state index is 11.3. The quantitative estimate of drug-likeness (QED) is 0.700. The normalized spacial score (nSPS) is 15.2. The summed E-state index contributed by atoms with van der Waals surface area (Å²) in [6.45, 7) is 6.32. The molecule has 0 aromatic rings. The van der Waals surface area contributed by atoms with Crippen LogP contribution in [-0.2, 0) is 4.79 Å². The number of carbonyl (C=O) groups excluding carboxylic acids is 1. The van der Waals surface area contributed by atoms with Gasteiger partial charge in [0.15, 0.2) is 0 Å². The molecule has 0 fully saturated rings. The number of amides is 1. The topological polar surface area (TPSA) is 32.3 Å². The first kappa shape index (κ1) is 12.4. The largest absolute Gasteiger partial charge is 0.349 e. The van der Waals surface area contributed by atoms with Crippen LogP contribution in [0.25, 0.3) is 0 Å². The molecular weight excluding hydrogens is 164 g/mol. The summed E-state index contributed by atoms with van der Waals surface area (Å²) >= 11 is 0. The standard InChI is InChI=1S/C10H22N2O/c1-6-8(2)11-9(3)7-10(13)12(4)5/h8-9,11H,6-7H2,1-5H3/t8-,9-/m1/s1. The second kappa shape index (κ2) is 5.97. The van der Waals surface area contributed by atoms with Crippen molar-refractivity contribution in [1.29, 1.82) is 0 Å². The van der Waals surface area contributed by atoms with Crippen LogP contribution in [0.1, 0.15) is 33.6 Å². The SMILES string of the molecule is CC[C@@H](C)N[C@H](C)CC(=O)N(C)C. The van der Waals surface area contributed by atoms with E-state index in [2.05, 4.69) is 19.2 Å². The van der Waals surface area contributed by atoms with E-state index in [0.29, 0.717) is 12.5 Å². The van der Waals surface area contributed by atoms with Crippen LogP contribution in [0.5, 0.6) is 0 Å². The molecule has 2 atom stereocenters. The molecule has 3 heteroatoms. The molecule has 0 aromatic heterocycles. The number of carbonyl (C=O) groups is 1. The van der Waals surface area contributed by atoms with Crippen molar-refractivity contribution in [3.05, 3.63) is 0 Å². The summed E-state index contributed by atoms with van der Waals surface area (Å²) in [5.41, 5.74) is 0. The lowest BCUT2D eigenvalue weighted by molar-refractivity contribution is -0.129. The molecule has 0 spiro atoms. The van der Waals surface area contributed by atoms with Crippen molar-refractivity contribution in [3.8, 4) is 0 Å². The Bertz CT molecular complexity index is 157. The highest BCUT2D eigenvalue weighted by Gasteiger charge is 2.11. The molecule has 0 bridgehead atoms. The van der Waals surface area contributed by atoms with Crippen LogP contribution in [0.15, 0.2) is 0 Å². The minimum Gasteiger partial charge on any atom is -0.349 e. The highest BCUT2D eigenvalue weighted by molar-refractivity contribution is 5.76. The van der Waals surface area contributed by atoms with Crippen LogP contribution in [0.2, 0.25) is 0 Å². The van der Waals surface area contributed by atoms with Crippen LogP contribution >= 0.6 is 0 Å². The van der Waals surface area contributed by atoms with Crippen molar-refractivity contribution in [3.63, 3.8) is 0 Å². The predicted molar refractivity (Wildman–Crippen MR) is 55.7 cm³/mol. The predicted octanol–water partition coefficient (Wildman–Crippen LogP) is 1.24. The van der Waals surface area contributed by atoms with E-state index in [1.165, 1.54) is 0 Å². The molecule has 0 unspecified atom stereocenters. The van der Waals surface area contributed by atoms with Crippen LogP contribution in [-0.4, -0.2) is 37.0 Å². The van der Waals surface area contributed by atoms with Gasteiger partial charge in [-0.3, -0.25) is 4.79 Å². The molecule has 0 aromatic carbocycles. The minimum atomic E-state index is 0.184. The molecule has 0 aliphatic heterocycles. The Labute approximate surface area is 81.5 Å². The second-order valence-electron chi connectivity index (χ2n) is 3.87. The Kier molecular flexibility index (Phi) is 5.71. The highest BCUT2D eigenvalue weighted by atomic mass is 16.2. The molecule has 0 aliphatic carbocycles. The van der Waals surface area contributed by atoms with Gasteiger partial charge in [-0.25, -0.2) is 0 Å². The van der Waals surface area contributed by atoms with Gasteiger partial charge in [0, 0.05) is 32.6 Å². The van der Waals surface area contributed by atoms with Crippen molar-refractivity contribution in [2.75, 3.05) is 14.1 Å².